The van der Waals surface area contributed by atoms with Crippen LogP contribution in [0.15, 0.2) is 11.6 Å². The highest BCUT2D eigenvalue weighted by Crippen LogP contribution is 2.30. The molecule has 0 saturated heterocycles. The minimum Gasteiger partial charge on any atom is -0.393 e. The Kier molecular flexibility index (Phi) is 7.75. The normalized spacial score (nSPS) is 25.2. The van der Waals surface area contributed by atoms with Gasteiger partial charge in [0.25, 0.3) is 0 Å². The number of allylic oxidation sites excluding steroid dienone is 2. The summed E-state index contributed by atoms with van der Waals surface area (Å²) in [6.45, 7) is 3.94. The molecule has 1 rings (SSSR count). The van der Waals surface area contributed by atoms with E-state index < -0.39 is 0 Å². The molecule has 0 aromatic heterocycles. The number of hydrogen-bond acceptors (Lipinski definition) is 3. The molecule has 0 spiro atoms. The summed E-state index contributed by atoms with van der Waals surface area (Å²) >= 11 is 0. The number of aldehydes is 1. The first kappa shape index (κ1) is 17.1. The van der Waals surface area contributed by atoms with Crippen LogP contribution in [0.3, 0.4) is 0 Å². The van der Waals surface area contributed by atoms with Crippen LogP contribution < -0.4 is 0 Å². The van der Waals surface area contributed by atoms with E-state index in [1.54, 1.807) is 13.0 Å². The van der Waals surface area contributed by atoms with Crippen molar-refractivity contribution in [3.8, 4) is 0 Å². The summed E-state index contributed by atoms with van der Waals surface area (Å²) in [7, 11) is 0. The third-order valence-electron chi connectivity index (χ3n) is 4.31. The minimum atomic E-state index is -0.0871. The molecular formula is C17H28O3. The molecule has 1 aliphatic rings. The monoisotopic (exact) mass is 280 g/mol. The quantitative estimate of drug-likeness (QED) is 0.547. The molecule has 0 amide bonds. The molecule has 0 aromatic carbocycles. The standard InChI is InChI=1S/C17H28O3/c1-13(11-15-5-9-17(20)10-6-15)3-7-16(19)8-4-14(2)12-18/h4,12-13,15,17,20H,3,5-11H2,1-2H3/b14-4+/t13-,15-,17-/m0/s1. The van der Waals surface area contributed by atoms with Crippen LogP contribution in [0.5, 0.6) is 0 Å². The summed E-state index contributed by atoms with van der Waals surface area (Å²) in [5, 5.41) is 9.49. The van der Waals surface area contributed by atoms with Crippen LogP contribution in [0.25, 0.3) is 0 Å². The number of rotatable bonds is 8. The van der Waals surface area contributed by atoms with Gasteiger partial charge in [-0.1, -0.05) is 13.0 Å². The van der Waals surface area contributed by atoms with Crippen molar-refractivity contribution >= 4 is 12.1 Å². The van der Waals surface area contributed by atoms with Gasteiger partial charge in [0, 0.05) is 12.8 Å². The van der Waals surface area contributed by atoms with Crippen LogP contribution in [-0.4, -0.2) is 23.3 Å². The van der Waals surface area contributed by atoms with Gasteiger partial charge in [-0.25, -0.2) is 0 Å². The Morgan fingerprint density at radius 3 is 2.55 bits per heavy atom. The zero-order valence-corrected chi connectivity index (χ0v) is 12.8. The average molecular weight is 280 g/mol. The largest absolute Gasteiger partial charge is 0.393 e. The van der Waals surface area contributed by atoms with Gasteiger partial charge < -0.3 is 5.11 Å². The number of aliphatic hydroxyl groups is 1. The van der Waals surface area contributed by atoms with Gasteiger partial charge in [-0.2, -0.15) is 0 Å². The number of Topliss-reactive ketones (excluding diaryl/α,β-unsaturated/α-hetero) is 1. The zero-order chi connectivity index (χ0) is 15.0. The van der Waals surface area contributed by atoms with Crippen molar-refractivity contribution < 1.29 is 14.7 Å². The van der Waals surface area contributed by atoms with Crippen molar-refractivity contribution in [2.24, 2.45) is 11.8 Å². The van der Waals surface area contributed by atoms with Crippen LogP contribution >= 0.6 is 0 Å². The number of hydrogen-bond donors (Lipinski definition) is 1. The summed E-state index contributed by atoms with van der Waals surface area (Å²) in [4.78, 5) is 22.1. The van der Waals surface area contributed by atoms with Crippen LogP contribution in [0.2, 0.25) is 0 Å². The van der Waals surface area contributed by atoms with E-state index in [2.05, 4.69) is 6.92 Å². The lowest BCUT2D eigenvalue weighted by atomic mass is 9.81. The van der Waals surface area contributed by atoms with E-state index >= 15 is 0 Å². The maximum Gasteiger partial charge on any atom is 0.145 e. The molecule has 3 nitrogen and oxygen atoms in total. The molecule has 0 heterocycles. The molecule has 1 N–H and O–H groups in total. The highest BCUT2D eigenvalue weighted by atomic mass is 16.3. The Hall–Kier alpha value is -0.960. The van der Waals surface area contributed by atoms with Gasteiger partial charge >= 0.3 is 0 Å². The van der Waals surface area contributed by atoms with Crippen molar-refractivity contribution in [2.75, 3.05) is 0 Å². The third-order valence-corrected chi connectivity index (χ3v) is 4.31. The maximum atomic E-state index is 11.7. The first-order chi connectivity index (χ1) is 9.51. The van der Waals surface area contributed by atoms with E-state index in [1.165, 1.54) is 6.42 Å². The van der Waals surface area contributed by atoms with E-state index in [-0.39, 0.29) is 11.9 Å². The van der Waals surface area contributed by atoms with Crippen molar-refractivity contribution in [3.05, 3.63) is 11.6 Å². The second kappa shape index (κ2) is 9.06. The van der Waals surface area contributed by atoms with Crippen molar-refractivity contribution in [3.63, 3.8) is 0 Å². The zero-order valence-electron chi connectivity index (χ0n) is 12.8. The van der Waals surface area contributed by atoms with Gasteiger partial charge in [0.1, 0.15) is 12.1 Å². The Labute approximate surface area is 122 Å². The lowest BCUT2D eigenvalue weighted by molar-refractivity contribution is -0.118. The topological polar surface area (TPSA) is 54.4 Å². The van der Waals surface area contributed by atoms with E-state index in [0.29, 0.717) is 24.3 Å². The lowest BCUT2D eigenvalue weighted by Gasteiger charge is -2.27. The van der Waals surface area contributed by atoms with Gasteiger partial charge in [-0.15, -0.1) is 0 Å². The number of carbonyl (C=O) groups excluding carboxylic acids is 2. The lowest BCUT2D eigenvalue weighted by Crippen LogP contribution is -2.19. The van der Waals surface area contributed by atoms with Gasteiger partial charge in [0.15, 0.2) is 0 Å². The summed E-state index contributed by atoms with van der Waals surface area (Å²) in [6.07, 6.45) is 9.63. The van der Waals surface area contributed by atoms with Crippen molar-refractivity contribution in [2.45, 2.75) is 71.3 Å². The van der Waals surface area contributed by atoms with Crippen LogP contribution in [0.1, 0.15) is 65.2 Å². The molecule has 0 unspecified atom stereocenters. The van der Waals surface area contributed by atoms with Gasteiger partial charge in [-0.3, -0.25) is 9.59 Å². The summed E-state index contributed by atoms with van der Waals surface area (Å²) in [5.41, 5.74) is 0.632. The van der Waals surface area contributed by atoms with Crippen molar-refractivity contribution in [1.82, 2.24) is 0 Å². The molecule has 0 radical (unpaired) electrons. The van der Waals surface area contributed by atoms with Crippen LogP contribution in [0, 0.1) is 11.8 Å². The highest BCUT2D eigenvalue weighted by molar-refractivity contribution is 5.81. The van der Waals surface area contributed by atoms with E-state index in [1.807, 2.05) is 0 Å². The molecule has 3 heteroatoms. The van der Waals surface area contributed by atoms with Gasteiger partial charge in [0.05, 0.1) is 6.10 Å². The third kappa shape index (κ3) is 6.99. The first-order valence-electron chi connectivity index (χ1n) is 7.83. The molecule has 1 fully saturated rings. The molecule has 1 atom stereocenters. The fourth-order valence-corrected chi connectivity index (χ4v) is 2.90. The predicted molar refractivity (Wildman–Crippen MR) is 80.4 cm³/mol. The number of ketones is 1. The Bertz CT molecular complexity index is 338. The van der Waals surface area contributed by atoms with E-state index in [0.717, 1.165) is 44.3 Å². The maximum absolute atomic E-state index is 11.7. The fraction of sp³-hybridized carbons (Fsp3) is 0.765. The molecule has 1 aliphatic carbocycles. The molecule has 20 heavy (non-hydrogen) atoms. The molecule has 0 aromatic rings. The fourth-order valence-electron chi connectivity index (χ4n) is 2.90. The second-order valence-electron chi connectivity index (χ2n) is 6.36. The number of aliphatic hydroxyl groups excluding tert-OH is 1. The average Bonchev–Trinajstić information content (AvgIpc) is 2.45. The van der Waals surface area contributed by atoms with E-state index in [4.69, 9.17) is 0 Å². The summed E-state index contributed by atoms with van der Waals surface area (Å²) < 4.78 is 0. The molecular weight excluding hydrogens is 252 g/mol. The summed E-state index contributed by atoms with van der Waals surface area (Å²) in [5.74, 6) is 1.51. The molecule has 0 bridgehead atoms. The Morgan fingerprint density at radius 1 is 1.30 bits per heavy atom. The first-order valence-corrected chi connectivity index (χ1v) is 7.83. The van der Waals surface area contributed by atoms with E-state index in [9.17, 15) is 14.7 Å². The molecule has 1 saturated carbocycles. The number of carbonyl (C=O) groups is 2. The van der Waals surface area contributed by atoms with Crippen LogP contribution in [0.4, 0.5) is 0 Å². The summed E-state index contributed by atoms with van der Waals surface area (Å²) in [6, 6.07) is 0. The minimum absolute atomic E-state index is 0.0871. The van der Waals surface area contributed by atoms with Gasteiger partial charge in [0.2, 0.25) is 0 Å². The second-order valence-corrected chi connectivity index (χ2v) is 6.36. The predicted octanol–water partition coefficient (Wildman–Crippen LogP) is 3.45. The Morgan fingerprint density at radius 2 is 1.95 bits per heavy atom. The Balaban J connectivity index is 2.17. The smallest absolute Gasteiger partial charge is 0.145 e. The van der Waals surface area contributed by atoms with Crippen LogP contribution in [-0.2, 0) is 9.59 Å². The SMILES string of the molecule is C/C(C=O)=C\CC(=O)CC[C@H](C)C[C@H]1CC[C@H](O)CC1. The highest BCUT2D eigenvalue weighted by Gasteiger charge is 2.21. The van der Waals surface area contributed by atoms with Crippen molar-refractivity contribution in [1.29, 1.82) is 0 Å². The molecule has 114 valence electrons. The molecule has 0 aliphatic heterocycles. The van der Waals surface area contributed by atoms with Gasteiger partial charge in [-0.05, 0) is 62.9 Å².